The first-order valence-electron chi connectivity index (χ1n) is 5.54. The smallest absolute Gasteiger partial charge is 0.225 e. The van der Waals surface area contributed by atoms with Crippen molar-refractivity contribution in [2.45, 2.75) is 12.8 Å². The van der Waals surface area contributed by atoms with Crippen LogP contribution in [0.3, 0.4) is 0 Å². The zero-order valence-electron chi connectivity index (χ0n) is 9.68. The number of hydrogen-bond acceptors (Lipinski definition) is 4. The average Bonchev–Trinajstić information content (AvgIpc) is 2.78. The monoisotopic (exact) mass is 233 g/mol. The largest absolute Gasteiger partial charge is 0.320 e. The second kappa shape index (κ2) is 5.40. The SMILES string of the molecule is CNCCCC(=O)Nc1ccnc2ccnn12. The Labute approximate surface area is 99.0 Å². The zero-order valence-corrected chi connectivity index (χ0v) is 9.68. The molecule has 2 aromatic heterocycles. The molecule has 0 radical (unpaired) electrons. The molecule has 90 valence electrons. The summed E-state index contributed by atoms with van der Waals surface area (Å²) in [6.45, 7) is 0.834. The van der Waals surface area contributed by atoms with Crippen molar-refractivity contribution >= 4 is 17.4 Å². The third kappa shape index (κ3) is 2.79. The van der Waals surface area contributed by atoms with Gasteiger partial charge in [-0.15, -0.1) is 0 Å². The summed E-state index contributed by atoms with van der Waals surface area (Å²) in [5.41, 5.74) is 0.720. The van der Waals surface area contributed by atoms with Crippen molar-refractivity contribution in [2.75, 3.05) is 18.9 Å². The molecule has 0 saturated carbocycles. The fourth-order valence-corrected chi connectivity index (χ4v) is 1.56. The molecule has 6 nitrogen and oxygen atoms in total. The van der Waals surface area contributed by atoms with E-state index in [0.717, 1.165) is 18.6 Å². The Morgan fingerprint density at radius 1 is 1.41 bits per heavy atom. The molecule has 17 heavy (non-hydrogen) atoms. The molecule has 2 N–H and O–H groups in total. The van der Waals surface area contributed by atoms with Crippen LogP contribution in [-0.2, 0) is 4.79 Å². The van der Waals surface area contributed by atoms with Crippen LogP contribution >= 0.6 is 0 Å². The number of nitrogens with one attached hydrogen (secondary N) is 2. The van der Waals surface area contributed by atoms with E-state index >= 15 is 0 Å². The summed E-state index contributed by atoms with van der Waals surface area (Å²) in [5.74, 6) is 0.637. The molecular weight excluding hydrogens is 218 g/mol. The number of amides is 1. The summed E-state index contributed by atoms with van der Waals surface area (Å²) in [6.07, 6.45) is 4.61. The van der Waals surface area contributed by atoms with Gasteiger partial charge in [-0.2, -0.15) is 9.61 Å². The van der Waals surface area contributed by atoms with E-state index in [2.05, 4.69) is 20.7 Å². The standard InChI is InChI=1S/C11H15N5O/c1-12-6-2-3-11(17)15-10-4-7-13-9-5-8-14-16(9)10/h4-5,7-8,12H,2-3,6H2,1H3,(H,15,17). The fraction of sp³-hybridized carbons (Fsp3) is 0.364. The molecular formula is C11H15N5O. The molecule has 0 unspecified atom stereocenters. The maximum absolute atomic E-state index is 11.7. The van der Waals surface area contributed by atoms with Gasteiger partial charge in [0.15, 0.2) is 5.65 Å². The molecule has 1 amide bonds. The van der Waals surface area contributed by atoms with Crippen LogP contribution in [0.1, 0.15) is 12.8 Å². The summed E-state index contributed by atoms with van der Waals surface area (Å²) in [5, 5.41) is 9.92. The third-order valence-corrected chi connectivity index (χ3v) is 2.39. The highest BCUT2D eigenvalue weighted by atomic mass is 16.1. The van der Waals surface area contributed by atoms with Crippen molar-refractivity contribution in [3.63, 3.8) is 0 Å². The summed E-state index contributed by atoms with van der Waals surface area (Å²) >= 11 is 0. The minimum absolute atomic E-state index is 0.0109. The summed E-state index contributed by atoms with van der Waals surface area (Å²) in [6, 6.07) is 3.52. The predicted octanol–water partition coefficient (Wildman–Crippen LogP) is 0.667. The van der Waals surface area contributed by atoms with Crippen LogP contribution in [0.5, 0.6) is 0 Å². The minimum Gasteiger partial charge on any atom is -0.320 e. The Hall–Kier alpha value is -1.95. The lowest BCUT2D eigenvalue weighted by molar-refractivity contribution is -0.116. The van der Waals surface area contributed by atoms with Gasteiger partial charge in [-0.25, -0.2) is 4.98 Å². The Kier molecular flexibility index (Phi) is 3.66. The maximum Gasteiger partial charge on any atom is 0.225 e. The Balaban J connectivity index is 2.03. The van der Waals surface area contributed by atoms with Crippen molar-refractivity contribution in [3.05, 3.63) is 24.5 Å². The van der Waals surface area contributed by atoms with Gasteiger partial charge in [0.05, 0.1) is 6.20 Å². The van der Waals surface area contributed by atoms with Crippen LogP contribution in [-0.4, -0.2) is 34.1 Å². The van der Waals surface area contributed by atoms with Crippen LogP contribution in [0.4, 0.5) is 5.82 Å². The second-order valence-corrected chi connectivity index (χ2v) is 3.69. The number of fused-ring (bicyclic) bond motifs is 1. The van der Waals surface area contributed by atoms with Crippen LogP contribution in [0.2, 0.25) is 0 Å². The summed E-state index contributed by atoms with van der Waals surface area (Å²) in [4.78, 5) is 15.8. The molecule has 0 aliphatic heterocycles. The summed E-state index contributed by atoms with van der Waals surface area (Å²) < 4.78 is 1.61. The average molecular weight is 233 g/mol. The quantitative estimate of drug-likeness (QED) is 0.744. The van der Waals surface area contributed by atoms with Gasteiger partial charge < -0.3 is 10.6 Å². The first kappa shape index (κ1) is 11.5. The summed E-state index contributed by atoms with van der Waals surface area (Å²) in [7, 11) is 1.87. The lowest BCUT2D eigenvalue weighted by Gasteiger charge is -2.06. The van der Waals surface area contributed by atoms with Gasteiger partial charge >= 0.3 is 0 Å². The highest BCUT2D eigenvalue weighted by molar-refractivity contribution is 5.90. The molecule has 0 fully saturated rings. The van der Waals surface area contributed by atoms with E-state index in [0.29, 0.717) is 12.2 Å². The van der Waals surface area contributed by atoms with E-state index in [-0.39, 0.29) is 5.91 Å². The molecule has 2 rings (SSSR count). The Morgan fingerprint density at radius 2 is 2.29 bits per heavy atom. The number of anilines is 1. The molecule has 0 aliphatic carbocycles. The molecule has 0 aromatic carbocycles. The first-order chi connectivity index (χ1) is 8.31. The number of rotatable bonds is 5. The molecule has 0 bridgehead atoms. The van der Waals surface area contributed by atoms with E-state index in [9.17, 15) is 4.79 Å². The van der Waals surface area contributed by atoms with Crippen LogP contribution < -0.4 is 10.6 Å². The van der Waals surface area contributed by atoms with Crippen molar-refractivity contribution in [2.24, 2.45) is 0 Å². The highest BCUT2D eigenvalue weighted by Gasteiger charge is 2.05. The molecule has 0 atom stereocenters. The van der Waals surface area contributed by atoms with E-state index in [1.54, 1.807) is 29.0 Å². The molecule has 0 spiro atoms. The van der Waals surface area contributed by atoms with Gasteiger partial charge in [-0.3, -0.25) is 4.79 Å². The van der Waals surface area contributed by atoms with E-state index in [1.807, 2.05) is 7.05 Å². The lowest BCUT2D eigenvalue weighted by Crippen LogP contribution is -2.17. The number of nitrogens with zero attached hydrogens (tertiary/aromatic N) is 3. The van der Waals surface area contributed by atoms with Crippen molar-refractivity contribution in [1.82, 2.24) is 19.9 Å². The van der Waals surface area contributed by atoms with E-state index < -0.39 is 0 Å². The highest BCUT2D eigenvalue weighted by Crippen LogP contribution is 2.08. The molecule has 0 saturated heterocycles. The molecule has 2 aromatic rings. The van der Waals surface area contributed by atoms with Crippen molar-refractivity contribution < 1.29 is 4.79 Å². The minimum atomic E-state index is -0.0109. The number of carbonyl (C=O) groups excluding carboxylic acids is 1. The van der Waals surface area contributed by atoms with Crippen molar-refractivity contribution in [3.8, 4) is 0 Å². The van der Waals surface area contributed by atoms with Gasteiger partial charge in [-0.05, 0) is 26.1 Å². The van der Waals surface area contributed by atoms with Crippen LogP contribution in [0.25, 0.3) is 5.65 Å². The first-order valence-corrected chi connectivity index (χ1v) is 5.54. The molecule has 0 aliphatic rings. The van der Waals surface area contributed by atoms with Gasteiger partial charge in [0.25, 0.3) is 0 Å². The second-order valence-electron chi connectivity index (χ2n) is 3.69. The molecule has 2 heterocycles. The van der Waals surface area contributed by atoms with Gasteiger partial charge in [0.2, 0.25) is 5.91 Å². The third-order valence-electron chi connectivity index (χ3n) is 2.39. The molecule has 6 heteroatoms. The van der Waals surface area contributed by atoms with Gasteiger partial charge in [0.1, 0.15) is 5.82 Å². The van der Waals surface area contributed by atoms with Crippen molar-refractivity contribution in [1.29, 1.82) is 0 Å². The predicted molar refractivity (Wildman–Crippen MR) is 64.8 cm³/mol. The van der Waals surface area contributed by atoms with Crippen LogP contribution in [0, 0.1) is 0 Å². The number of hydrogen-bond donors (Lipinski definition) is 2. The Bertz CT molecular complexity index is 507. The number of aromatic nitrogens is 3. The lowest BCUT2D eigenvalue weighted by atomic mass is 10.3. The number of carbonyl (C=O) groups is 1. The zero-order chi connectivity index (χ0) is 12.1. The maximum atomic E-state index is 11.7. The van der Waals surface area contributed by atoms with Gasteiger partial charge in [-0.1, -0.05) is 0 Å². The normalized spacial score (nSPS) is 10.6. The fourth-order valence-electron chi connectivity index (χ4n) is 1.56. The van der Waals surface area contributed by atoms with Gasteiger partial charge in [0, 0.05) is 18.7 Å². The van der Waals surface area contributed by atoms with E-state index in [1.165, 1.54) is 0 Å². The van der Waals surface area contributed by atoms with Crippen LogP contribution in [0.15, 0.2) is 24.5 Å². The Morgan fingerprint density at radius 3 is 3.12 bits per heavy atom. The topological polar surface area (TPSA) is 71.3 Å². The van der Waals surface area contributed by atoms with E-state index in [4.69, 9.17) is 0 Å².